The van der Waals surface area contributed by atoms with Crippen LogP contribution in [0.3, 0.4) is 0 Å². The second-order valence-electron chi connectivity index (χ2n) is 5.74. The summed E-state index contributed by atoms with van der Waals surface area (Å²) in [6.07, 6.45) is 10.9. The Kier molecular flexibility index (Phi) is 8.68. The molecule has 0 bridgehead atoms. The van der Waals surface area contributed by atoms with Gasteiger partial charge in [-0.15, -0.1) is 9.24 Å². The predicted molar refractivity (Wildman–Crippen MR) is 81.3 cm³/mol. The van der Waals surface area contributed by atoms with Crippen molar-refractivity contribution in [3.63, 3.8) is 0 Å². The second kappa shape index (κ2) is 8.48. The molecule has 2 atom stereocenters. The van der Waals surface area contributed by atoms with Crippen molar-refractivity contribution in [3.05, 3.63) is 0 Å². The standard InChI is InChI=1S/C15H33OP/c1-5-8-11-15(12-9-6-2,13-10-7-3)14(4,16)17/h16H,5-13,17H2,1-4H3. The molecule has 1 nitrogen and oxygen atoms in total. The third kappa shape index (κ3) is 5.71. The van der Waals surface area contributed by atoms with Crippen LogP contribution in [0.5, 0.6) is 0 Å². The summed E-state index contributed by atoms with van der Waals surface area (Å²) in [7, 11) is 2.70. The Balaban J connectivity index is 4.78. The molecular weight excluding hydrogens is 227 g/mol. The Morgan fingerprint density at radius 2 is 1.12 bits per heavy atom. The van der Waals surface area contributed by atoms with E-state index < -0.39 is 5.34 Å². The number of aliphatic hydroxyl groups is 1. The second-order valence-corrected chi connectivity index (χ2v) is 6.86. The number of unbranched alkanes of at least 4 members (excludes halogenated alkanes) is 3. The van der Waals surface area contributed by atoms with Crippen LogP contribution in [0.1, 0.15) is 85.5 Å². The topological polar surface area (TPSA) is 20.2 Å². The van der Waals surface area contributed by atoms with Gasteiger partial charge in [0.2, 0.25) is 0 Å². The minimum Gasteiger partial charge on any atom is -0.386 e. The highest BCUT2D eigenvalue weighted by Crippen LogP contribution is 2.48. The highest BCUT2D eigenvalue weighted by Gasteiger charge is 2.41. The van der Waals surface area contributed by atoms with Gasteiger partial charge in [-0.1, -0.05) is 59.3 Å². The van der Waals surface area contributed by atoms with Gasteiger partial charge in [0.15, 0.2) is 0 Å². The zero-order valence-corrected chi connectivity index (χ0v) is 13.5. The fourth-order valence-corrected chi connectivity index (χ4v) is 3.11. The average Bonchev–Trinajstić information content (AvgIpc) is 2.27. The Morgan fingerprint density at radius 1 is 0.824 bits per heavy atom. The first-order chi connectivity index (χ1) is 7.93. The first-order valence-electron chi connectivity index (χ1n) is 7.44. The molecule has 17 heavy (non-hydrogen) atoms. The van der Waals surface area contributed by atoms with Crippen LogP contribution in [0.4, 0.5) is 0 Å². The molecule has 0 radical (unpaired) electrons. The lowest BCUT2D eigenvalue weighted by atomic mass is 9.70. The summed E-state index contributed by atoms with van der Waals surface area (Å²) in [5.74, 6) is 0. The van der Waals surface area contributed by atoms with Crippen LogP contribution in [0.25, 0.3) is 0 Å². The lowest BCUT2D eigenvalue weighted by molar-refractivity contribution is -0.0178. The van der Waals surface area contributed by atoms with Crippen LogP contribution in [0.15, 0.2) is 0 Å². The molecule has 0 amide bonds. The van der Waals surface area contributed by atoms with Gasteiger partial charge < -0.3 is 5.11 Å². The maximum absolute atomic E-state index is 10.6. The van der Waals surface area contributed by atoms with Gasteiger partial charge >= 0.3 is 0 Å². The molecule has 104 valence electrons. The van der Waals surface area contributed by atoms with E-state index in [0.29, 0.717) is 0 Å². The largest absolute Gasteiger partial charge is 0.386 e. The van der Waals surface area contributed by atoms with Crippen molar-refractivity contribution in [2.75, 3.05) is 0 Å². The monoisotopic (exact) mass is 260 g/mol. The Morgan fingerprint density at radius 3 is 1.29 bits per heavy atom. The van der Waals surface area contributed by atoms with Gasteiger partial charge in [-0.2, -0.15) is 0 Å². The van der Waals surface area contributed by atoms with Gasteiger partial charge in [-0.3, -0.25) is 0 Å². The molecule has 0 aliphatic carbocycles. The summed E-state index contributed by atoms with van der Waals surface area (Å²) >= 11 is 0. The minimum atomic E-state index is -0.619. The third-order valence-corrected chi connectivity index (χ3v) is 4.71. The molecule has 2 unspecified atom stereocenters. The molecule has 0 saturated heterocycles. The molecular formula is C15H33OP. The molecule has 0 aromatic rings. The van der Waals surface area contributed by atoms with E-state index in [-0.39, 0.29) is 5.41 Å². The van der Waals surface area contributed by atoms with E-state index in [0.717, 1.165) is 0 Å². The first-order valence-corrected chi connectivity index (χ1v) is 8.02. The Bertz CT molecular complexity index is 162. The van der Waals surface area contributed by atoms with Crippen molar-refractivity contribution in [2.45, 2.75) is 90.8 Å². The van der Waals surface area contributed by atoms with Crippen LogP contribution in [-0.4, -0.2) is 10.4 Å². The molecule has 0 aromatic heterocycles. The van der Waals surface area contributed by atoms with Crippen LogP contribution in [0.2, 0.25) is 0 Å². The first kappa shape index (κ1) is 17.4. The Labute approximate surface area is 111 Å². The number of rotatable bonds is 10. The van der Waals surface area contributed by atoms with E-state index in [1.165, 1.54) is 57.8 Å². The highest BCUT2D eigenvalue weighted by atomic mass is 31.0. The van der Waals surface area contributed by atoms with Crippen molar-refractivity contribution in [1.82, 2.24) is 0 Å². The lowest BCUT2D eigenvalue weighted by Gasteiger charge is -2.44. The molecule has 0 saturated carbocycles. The predicted octanol–water partition coefficient (Wildman–Crippen LogP) is 5.13. The maximum atomic E-state index is 10.6. The van der Waals surface area contributed by atoms with Gasteiger partial charge in [0.1, 0.15) is 0 Å². The molecule has 0 rings (SSSR count). The summed E-state index contributed by atoms with van der Waals surface area (Å²) in [4.78, 5) is 0. The number of hydrogen-bond donors (Lipinski definition) is 1. The van der Waals surface area contributed by atoms with Gasteiger partial charge in [0.05, 0.1) is 5.34 Å². The van der Waals surface area contributed by atoms with E-state index in [9.17, 15) is 5.11 Å². The molecule has 0 heterocycles. The van der Waals surface area contributed by atoms with Crippen LogP contribution in [0, 0.1) is 5.41 Å². The fraction of sp³-hybridized carbons (Fsp3) is 1.00. The number of hydrogen-bond acceptors (Lipinski definition) is 1. The van der Waals surface area contributed by atoms with Crippen molar-refractivity contribution in [3.8, 4) is 0 Å². The van der Waals surface area contributed by atoms with Crippen LogP contribution >= 0.6 is 9.24 Å². The zero-order chi connectivity index (χ0) is 13.4. The quantitative estimate of drug-likeness (QED) is 0.540. The average molecular weight is 260 g/mol. The van der Waals surface area contributed by atoms with Crippen LogP contribution in [-0.2, 0) is 0 Å². The maximum Gasteiger partial charge on any atom is 0.0806 e. The molecule has 0 aliphatic rings. The van der Waals surface area contributed by atoms with Gasteiger partial charge in [-0.05, 0) is 26.2 Å². The van der Waals surface area contributed by atoms with Gasteiger partial charge in [-0.25, -0.2) is 0 Å². The van der Waals surface area contributed by atoms with Crippen molar-refractivity contribution in [1.29, 1.82) is 0 Å². The molecule has 0 spiro atoms. The van der Waals surface area contributed by atoms with Crippen LogP contribution < -0.4 is 0 Å². The molecule has 0 aliphatic heterocycles. The van der Waals surface area contributed by atoms with E-state index in [4.69, 9.17) is 0 Å². The highest BCUT2D eigenvalue weighted by molar-refractivity contribution is 7.18. The van der Waals surface area contributed by atoms with E-state index in [1.54, 1.807) is 0 Å². The fourth-order valence-electron chi connectivity index (χ4n) is 2.68. The lowest BCUT2D eigenvalue weighted by Crippen LogP contribution is -2.41. The molecule has 0 aromatic carbocycles. The van der Waals surface area contributed by atoms with E-state index >= 15 is 0 Å². The van der Waals surface area contributed by atoms with Crippen molar-refractivity contribution < 1.29 is 5.11 Å². The Hall–Kier alpha value is 0.390. The summed E-state index contributed by atoms with van der Waals surface area (Å²) in [6, 6.07) is 0. The summed E-state index contributed by atoms with van der Waals surface area (Å²) in [5.41, 5.74) is 0.111. The normalized spacial score (nSPS) is 15.9. The van der Waals surface area contributed by atoms with Crippen molar-refractivity contribution in [2.24, 2.45) is 5.41 Å². The van der Waals surface area contributed by atoms with Gasteiger partial charge in [0, 0.05) is 5.41 Å². The SMILES string of the molecule is CCCCC(CCCC)(CCCC)C(C)(O)P. The van der Waals surface area contributed by atoms with E-state index in [2.05, 4.69) is 30.0 Å². The minimum absolute atomic E-state index is 0.111. The summed E-state index contributed by atoms with van der Waals surface area (Å²) < 4.78 is 0. The smallest absolute Gasteiger partial charge is 0.0806 e. The van der Waals surface area contributed by atoms with Crippen molar-refractivity contribution >= 4 is 9.24 Å². The molecule has 1 N–H and O–H groups in total. The molecule has 2 heteroatoms. The zero-order valence-electron chi connectivity index (χ0n) is 12.4. The molecule has 0 fully saturated rings. The summed E-state index contributed by atoms with van der Waals surface area (Å²) in [5, 5.41) is 9.95. The third-order valence-electron chi connectivity index (χ3n) is 4.10. The van der Waals surface area contributed by atoms with Gasteiger partial charge in [0.25, 0.3) is 0 Å². The summed E-state index contributed by atoms with van der Waals surface area (Å²) in [6.45, 7) is 8.70. The van der Waals surface area contributed by atoms with E-state index in [1.807, 2.05) is 6.92 Å².